The van der Waals surface area contributed by atoms with Crippen LogP contribution >= 0.6 is 11.3 Å². The van der Waals surface area contributed by atoms with Gasteiger partial charge in [0.25, 0.3) is 5.91 Å². The molecule has 1 atom stereocenters. The van der Waals surface area contributed by atoms with Crippen molar-refractivity contribution in [3.05, 3.63) is 40.9 Å². The van der Waals surface area contributed by atoms with Crippen molar-refractivity contribution >= 4 is 34.0 Å². The topological polar surface area (TPSA) is 83.1 Å². The largest absolute Gasteiger partial charge is 0.354 e. The number of carbonyl (C=O) groups excluding carboxylic acids is 2. The predicted molar refractivity (Wildman–Crippen MR) is 101 cm³/mol. The van der Waals surface area contributed by atoms with E-state index in [0.717, 1.165) is 11.3 Å². The first-order chi connectivity index (χ1) is 11.8. The van der Waals surface area contributed by atoms with Gasteiger partial charge < -0.3 is 16.0 Å². The average Bonchev–Trinajstić information content (AvgIpc) is 3.01. The van der Waals surface area contributed by atoms with Gasteiger partial charge in [0, 0.05) is 17.6 Å². The molecule has 134 valence electrons. The van der Waals surface area contributed by atoms with E-state index in [-0.39, 0.29) is 11.8 Å². The molecule has 2 aromatic rings. The highest BCUT2D eigenvalue weighted by atomic mass is 32.1. The average molecular weight is 360 g/mol. The van der Waals surface area contributed by atoms with Gasteiger partial charge in [-0.05, 0) is 37.5 Å². The molecule has 0 spiro atoms. The van der Waals surface area contributed by atoms with Crippen molar-refractivity contribution in [2.24, 2.45) is 5.92 Å². The normalized spacial score (nSPS) is 11.9. The van der Waals surface area contributed by atoms with E-state index in [9.17, 15) is 9.59 Å². The van der Waals surface area contributed by atoms with E-state index in [1.807, 2.05) is 45.0 Å². The Kier molecular flexibility index (Phi) is 6.52. The number of nitrogens with one attached hydrogen (secondary N) is 3. The molecule has 0 aliphatic heterocycles. The Bertz CT molecular complexity index is 742. The highest BCUT2D eigenvalue weighted by Gasteiger charge is 2.18. The third-order valence-electron chi connectivity index (χ3n) is 3.43. The zero-order chi connectivity index (χ0) is 18.4. The fourth-order valence-corrected chi connectivity index (χ4v) is 2.79. The van der Waals surface area contributed by atoms with Gasteiger partial charge in [0.15, 0.2) is 5.13 Å². The second-order valence-corrected chi connectivity index (χ2v) is 7.22. The summed E-state index contributed by atoms with van der Waals surface area (Å²) >= 11 is 1.34. The lowest BCUT2D eigenvalue weighted by atomic mass is 10.2. The maximum atomic E-state index is 12.2. The Labute approximate surface area is 152 Å². The molecule has 0 saturated carbocycles. The van der Waals surface area contributed by atoms with Gasteiger partial charge in [0.05, 0.1) is 0 Å². The molecule has 0 radical (unpaired) electrons. The van der Waals surface area contributed by atoms with E-state index in [2.05, 4.69) is 20.9 Å². The van der Waals surface area contributed by atoms with Crippen molar-refractivity contribution in [3.8, 4) is 0 Å². The number of amides is 2. The molecule has 2 amide bonds. The zero-order valence-corrected chi connectivity index (χ0v) is 15.7. The molecule has 25 heavy (non-hydrogen) atoms. The summed E-state index contributed by atoms with van der Waals surface area (Å²) in [5, 5.41) is 11.0. The summed E-state index contributed by atoms with van der Waals surface area (Å²) in [5.41, 5.74) is 2.35. The van der Waals surface area contributed by atoms with Crippen molar-refractivity contribution in [1.82, 2.24) is 15.6 Å². The molecule has 6 nitrogen and oxygen atoms in total. The zero-order valence-electron chi connectivity index (χ0n) is 14.9. The van der Waals surface area contributed by atoms with Crippen LogP contribution < -0.4 is 16.0 Å². The minimum atomic E-state index is -0.610. The van der Waals surface area contributed by atoms with E-state index < -0.39 is 6.04 Å². The monoisotopic (exact) mass is 360 g/mol. The van der Waals surface area contributed by atoms with Gasteiger partial charge in [-0.2, -0.15) is 0 Å². The number of aromatic nitrogens is 1. The molecule has 1 heterocycles. The third-order valence-corrected chi connectivity index (χ3v) is 4.19. The van der Waals surface area contributed by atoms with Crippen LogP contribution in [0.1, 0.15) is 36.8 Å². The minimum Gasteiger partial charge on any atom is -0.354 e. The van der Waals surface area contributed by atoms with Crippen LogP contribution in [-0.4, -0.2) is 29.4 Å². The van der Waals surface area contributed by atoms with Gasteiger partial charge in [0.1, 0.15) is 11.7 Å². The smallest absolute Gasteiger partial charge is 0.271 e. The molecule has 1 aromatic heterocycles. The van der Waals surface area contributed by atoms with Gasteiger partial charge in [0.2, 0.25) is 5.91 Å². The van der Waals surface area contributed by atoms with Crippen molar-refractivity contribution in [1.29, 1.82) is 0 Å². The van der Waals surface area contributed by atoms with E-state index in [4.69, 9.17) is 0 Å². The first kappa shape index (κ1) is 18.9. The van der Waals surface area contributed by atoms with Crippen LogP contribution in [0.2, 0.25) is 0 Å². The molecule has 3 N–H and O–H groups in total. The summed E-state index contributed by atoms with van der Waals surface area (Å²) in [6, 6.07) is 7.30. The number of thiazole rings is 1. The molecule has 7 heteroatoms. The number of benzene rings is 1. The summed E-state index contributed by atoms with van der Waals surface area (Å²) in [6.45, 7) is 8.28. The molecule has 1 unspecified atom stereocenters. The molecule has 0 bridgehead atoms. The van der Waals surface area contributed by atoms with Gasteiger partial charge in [-0.3, -0.25) is 9.59 Å². The summed E-state index contributed by atoms with van der Waals surface area (Å²) in [6.07, 6.45) is 0. The quantitative estimate of drug-likeness (QED) is 0.708. The lowest BCUT2D eigenvalue weighted by molar-refractivity contribution is -0.122. The fourth-order valence-electron chi connectivity index (χ4n) is 2.08. The van der Waals surface area contributed by atoms with Crippen LogP contribution in [0.4, 0.5) is 10.8 Å². The second-order valence-electron chi connectivity index (χ2n) is 6.37. The number of nitrogens with zero attached hydrogens (tertiary/aromatic N) is 1. The Morgan fingerprint density at radius 2 is 2.00 bits per heavy atom. The van der Waals surface area contributed by atoms with E-state index in [1.165, 1.54) is 11.3 Å². The summed E-state index contributed by atoms with van der Waals surface area (Å²) in [7, 11) is 0. The fraction of sp³-hybridized carbons (Fsp3) is 0.389. The maximum absolute atomic E-state index is 12.2. The number of aryl methyl sites for hydroxylation is 1. The molecular formula is C18H24N4O2S. The van der Waals surface area contributed by atoms with Crippen molar-refractivity contribution in [2.75, 3.05) is 11.9 Å². The number of rotatable bonds is 7. The lowest BCUT2D eigenvalue weighted by Crippen LogP contribution is -2.45. The van der Waals surface area contributed by atoms with Crippen LogP contribution in [0.25, 0.3) is 0 Å². The molecule has 1 aromatic carbocycles. The number of hydrogen-bond donors (Lipinski definition) is 3. The molecule has 0 aliphatic carbocycles. The second kappa shape index (κ2) is 8.62. The Balaban J connectivity index is 1.92. The first-order valence-electron chi connectivity index (χ1n) is 8.23. The molecule has 0 fully saturated rings. The predicted octanol–water partition coefficient (Wildman–Crippen LogP) is 3.09. The summed E-state index contributed by atoms with van der Waals surface area (Å²) in [5.74, 6) is -0.197. The molecule has 2 rings (SSSR count). The Morgan fingerprint density at radius 1 is 1.24 bits per heavy atom. The van der Waals surface area contributed by atoms with Gasteiger partial charge >= 0.3 is 0 Å². The van der Waals surface area contributed by atoms with Crippen molar-refractivity contribution < 1.29 is 9.59 Å². The Hall–Kier alpha value is -2.41. The van der Waals surface area contributed by atoms with Gasteiger partial charge in [-0.1, -0.05) is 26.0 Å². The van der Waals surface area contributed by atoms with Crippen LogP contribution in [0.15, 0.2) is 29.6 Å². The van der Waals surface area contributed by atoms with Crippen LogP contribution in [-0.2, 0) is 4.79 Å². The van der Waals surface area contributed by atoms with E-state index >= 15 is 0 Å². The Morgan fingerprint density at radius 3 is 2.68 bits per heavy atom. The maximum Gasteiger partial charge on any atom is 0.271 e. The highest BCUT2D eigenvalue weighted by molar-refractivity contribution is 7.14. The standard InChI is InChI=1S/C18H24N4O2S/c1-11(2)9-19-16(23)13(4)20-17(24)15-10-25-18(22-15)21-14-7-5-6-12(3)8-14/h5-8,10-11,13H,9H2,1-4H3,(H,19,23)(H,20,24)(H,21,22). The first-order valence-corrected chi connectivity index (χ1v) is 9.11. The molecular weight excluding hydrogens is 336 g/mol. The van der Waals surface area contributed by atoms with Crippen molar-refractivity contribution in [3.63, 3.8) is 0 Å². The van der Waals surface area contributed by atoms with E-state index in [1.54, 1.807) is 12.3 Å². The lowest BCUT2D eigenvalue weighted by Gasteiger charge is -2.14. The number of carbonyl (C=O) groups is 2. The molecule has 0 aliphatic rings. The summed E-state index contributed by atoms with van der Waals surface area (Å²) < 4.78 is 0. The van der Waals surface area contributed by atoms with Crippen LogP contribution in [0.3, 0.4) is 0 Å². The third kappa shape index (κ3) is 5.86. The number of anilines is 2. The van der Waals surface area contributed by atoms with Crippen LogP contribution in [0.5, 0.6) is 0 Å². The van der Waals surface area contributed by atoms with Gasteiger partial charge in [-0.15, -0.1) is 11.3 Å². The highest BCUT2D eigenvalue weighted by Crippen LogP contribution is 2.21. The van der Waals surface area contributed by atoms with Gasteiger partial charge in [-0.25, -0.2) is 4.98 Å². The van der Waals surface area contributed by atoms with Crippen LogP contribution in [0, 0.1) is 12.8 Å². The van der Waals surface area contributed by atoms with Crippen molar-refractivity contribution in [2.45, 2.75) is 33.7 Å². The van der Waals surface area contributed by atoms with E-state index in [0.29, 0.717) is 23.3 Å². The summed E-state index contributed by atoms with van der Waals surface area (Å²) in [4.78, 5) is 28.5. The SMILES string of the molecule is Cc1cccc(Nc2nc(C(=O)NC(C)C(=O)NCC(C)C)cs2)c1. The number of hydrogen-bond acceptors (Lipinski definition) is 5. The minimum absolute atomic E-state index is 0.199. The molecule has 0 saturated heterocycles.